The highest BCUT2D eigenvalue weighted by Gasteiger charge is 2.47. The Kier molecular flexibility index (Phi) is 13.2. The Labute approximate surface area is 359 Å². The van der Waals surface area contributed by atoms with E-state index in [4.69, 9.17) is 40.5 Å². The van der Waals surface area contributed by atoms with Crippen molar-refractivity contribution >= 4 is 74.8 Å². The number of nitrogens with zero attached hydrogens (tertiary/aromatic N) is 8. The Morgan fingerprint density at radius 1 is 0.767 bits per heavy atom. The third kappa shape index (κ3) is 8.74. The van der Waals surface area contributed by atoms with E-state index in [1.807, 2.05) is 36.4 Å². The van der Waals surface area contributed by atoms with Crippen LogP contribution in [0.15, 0.2) is 73.3 Å². The number of benzene rings is 2. The molecule has 8 rings (SSSR count). The van der Waals surface area contributed by atoms with Gasteiger partial charge in [0.05, 0.1) is 36.9 Å². The van der Waals surface area contributed by atoms with Gasteiger partial charge in [-0.2, -0.15) is 15.0 Å². The summed E-state index contributed by atoms with van der Waals surface area (Å²) in [6.45, 7) is 3.91. The molecule has 9 atom stereocenters. The zero-order valence-electron chi connectivity index (χ0n) is 32.4. The third-order valence-corrected chi connectivity index (χ3v) is 12.0. The SMILES string of the molecule is CC(C(N)=O)[C@@H]1C[C@@H](n2cnc3c(Cl)nc(Cl)nc32)[C@H](O)[C@@H]1O.CCC(=O)N[C@H]1C[C@@H](n2cnc3c(NCC(c4ccccc4)c4ccccc4)nc(Cl)nc32)[C@H](O)[C@@H]1O. The third-order valence-electron chi connectivity index (χ3n) is 11.4. The van der Waals surface area contributed by atoms with E-state index >= 15 is 0 Å². The van der Waals surface area contributed by atoms with Crippen LogP contribution in [0.5, 0.6) is 0 Å². The lowest BCUT2D eigenvalue weighted by Crippen LogP contribution is -2.42. The van der Waals surface area contributed by atoms with Gasteiger partial charge in [-0.3, -0.25) is 9.59 Å². The minimum absolute atomic E-state index is 0.0385. The van der Waals surface area contributed by atoms with Crippen LogP contribution in [-0.2, 0) is 9.59 Å². The fourth-order valence-corrected chi connectivity index (χ4v) is 8.70. The van der Waals surface area contributed by atoms with Crippen LogP contribution < -0.4 is 16.4 Å². The molecule has 17 nitrogen and oxygen atoms in total. The van der Waals surface area contributed by atoms with Gasteiger partial charge in [0.1, 0.15) is 23.8 Å². The van der Waals surface area contributed by atoms with Crippen molar-refractivity contribution in [2.45, 2.75) is 81.6 Å². The smallest absolute Gasteiger partial charge is 0.226 e. The van der Waals surface area contributed by atoms with Crippen LogP contribution in [-0.4, -0.2) is 108 Å². The molecule has 0 saturated heterocycles. The first kappa shape index (κ1) is 43.1. The Morgan fingerprint density at radius 2 is 1.30 bits per heavy atom. The Balaban J connectivity index is 0.000000203. The summed E-state index contributed by atoms with van der Waals surface area (Å²) in [6, 6.07) is 18.8. The van der Waals surface area contributed by atoms with Crippen molar-refractivity contribution in [2.24, 2.45) is 17.6 Å². The molecule has 60 heavy (non-hydrogen) atoms. The van der Waals surface area contributed by atoms with Crippen LogP contribution >= 0.6 is 34.8 Å². The van der Waals surface area contributed by atoms with Gasteiger partial charge in [-0.1, -0.05) is 86.1 Å². The van der Waals surface area contributed by atoms with Crippen molar-refractivity contribution in [1.82, 2.24) is 44.4 Å². The molecule has 2 saturated carbocycles. The predicted octanol–water partition coefficient (Wildman–Crippen LogP) is 3.82. The summed E-state index contributed by atoms with van der Waals surface area (Å²) in [7, 11) is 0. The number of nitrogens with two attached hydrogens (primary N) is 1. The molecule has 6 aromatic rings. The fourth-order valence-electron chi connectivity index (χ4n) is 8.12. The van der Waals surface area contributed by atoms with Gasteiger partial charge in [0, 0.05) is 30.7 Å². The molecule has 2 amide bonds. The molecular formula is C40H44Cl3N11O6. The molecule has 4 heterocycles. The minimum atomic E-state index is -1.11. The van der Waals surface area contributed by atoms with E-state index in [0.29, 0.717) is 54.0 Å². The molecule has 0 spiro atoms. The highest BCUT2D eigenvalue weighted by molar-refractivity contribution is 6.35. The van der Waals surface area contributed by atoms with Crippen LogP contribution in [0.25, 0.3) is 22.3 Å². The molecule has 0 bridgehead atoms. The highest BCUT2D eigenvalue weighted by atomic mass is 35.5. The highest BCUT2D eigenvalue weighted by Crippen LogP contribution is 2.41. The molecule has 4 aromatic heterocycles. The van der Waals surface area contributed by atoms with Gasteiger partial charge in [-0.25, -0.2) is 15.0 Å². The van der Waals surface area contributed by atoms with Gasteiger partial charge in [-0.05, 0) is 47.2 Å². The Bertz CT molecular complexity index is 2420. The van der Waals surface area contributed by atoms with Crippen molar-refractivity contribution in [3.8, 4) is 0 Å². The fraction of sp³-hybridized carbons (Fsp3) is 0.400. The maximum absolute atomic E-state index is 11.9. The van der Waals surface area contributed by atoms with Gasteiger partial charge >= 0.3 is 0 Å². The largest absolute Gasteiger partial charge is 0.390 e. The second-order valence-electron chi connectivity index (χ2n) is 15.0. The molecule has 20 heteroatoms. The Hall–Kier alpha value is -5.01. The summed E-state index contributed by atoms with van der Waals surface area (Å²) in [5, 5.41) is 48.2. The van der Waals surface area contributed by atoms with E-state index < -0.39 is 60.3 Å². The number of hydrogen-bond donors (Lipinski definition) is 7. The topological polar surface area (TPSA) is 252 Å². The van der Waals surface area contributed by atoms with Gasteiger partial charge in [0.15, 0.2) is 27.8 Å². The number of aliphatic hydroxyl groups is 4. The minimum Gasteiger partial charge on any atom is -0.390 e. The van der Waals surface area contributed by atoms with Crippen LogP contribution in [0.2, 0.25) is 15.7 Å². The van der Waals surface area contributed by atoms with E-state index in [-0.39, 0.29) is 27.5 Å². The first-order chi connectivity index (χ1) is 28.8. The van der Waals surface area contributed by atoms with Gasteiger partial charge in [0.25, 0.3) is 0 Å². The zero-order valence-corrected chi connectivity index (χ0v) is 34.7. The summed E-state index contributed by atoms with van der Waals surface area (Å²) in [5.74, 6) is -1.20. The van der Waals surface area contributed by atoms with Gasteiger partial charge in [-0.15, -0.1) is 0 Å². The lowest BCUT2D eigenvalue weighted by Gasteiger charge is -2.20. The van der Waals surface area contributed by atoms with E-state index in [0.717, 1.165) is 11.1 Å². The van der Waals surface area contributed by atoms with Crippen LogP contribution in [0.3, 0.4) is 0 Å². The summed E-state index contributed by atoms with van der Waals surface area (Å²) in [6.07, 6.45) is -0.389. The molecule has 0 radical (unpaired) electrons. The molecule has 316 valence electrons. The molecule has 2 fully saturated rings. The predicted molar refractivity (Wildman–Crippen MR) is 224 cm³/mol. The number of aromatic nitrogens is 8. The molecule has 2 aliphatic carbocycles. The zero-order chi connectivity index (χ0) is 42.8. The van der Waals surface area contributed by atoms with Gasteiger partial charge < -0.3 is 45.9 Å². The molecule has 1 unspecified atom stereocenters. The van der Waals surface area contributed by atoms with Gasteiger partial charge in [0.2, 0.25) is 22.4 Å². The average molecular weight is 881 g/mol. The maximum Gasteiger partial charge on any atom is 0.226 e. The van der Waals surface area contributed by atoms with E-state index in [2.05, 4.69) is 64.8 Å². The van der Waals surface area contributed by atoms with Crippen molar-refractivity contribution in [3.63, 3.8) is 0 Å². The van der Waals surface area contributed by atoms with E-state index in [1.54, 1.807) is 29.3 Å². The number of carbonyl (C=O) groups excluding carboxylic acids is 2. The molecule has 8 N–H and O–H groups in total. The molecule has 0 aliphatic heterocycles. The Morgan fingerprint density at radius 3 is 1.88 bits per heavy atom. The normalized spacial score (nSPS) is 24.4. The van der Waals surface area contributed by atoms with E-state index in [1.165, 1.54) is 6.33 Å². The van der Waals surface area contributed by atoms with Crippen molar-refractivity contribution in [2.75, 3.05) is 11.9 Å². The second kappa shape index (κ2) is 18.3. The lowest BCUT2D eigenvalue weighted by molar-refractivity contribution is -0.124. The quantitative estimate of drug-likeness (QED) is 0.0723. The summed E-state index contributed by atoms with van der Waals surface area (Å²) in [5.41, 5.74) is 9.29. The first-order valence-corrected chi connectivity index (χ1v) is 20.5. The lowest BCUT2D eigenvalue weighted by atomic mass is 9.90. The summed E-state index contributed by atoms with van der Waals surface area (Å²) < 4.78 is 3.29. The number of halogens is 3. The molecule has 2 aliphatic rings. The number of carbonyl (C=O) groups is 2. The van der Waals surface area contributed by atoms with Crippen LogP contribution in [0.4, 0.5) is 5.82 Å². The number of hydrogen-bond acceptors (Lipinski definition) is 13. The number of imidazole rings is 2. The number of nitrogens with one attached hydrogen (secondary N) is 2. The number of fused-ring (bicyclic) bond motifs is 2. The van der Waals surface area contributed by atoms with Crippen molar-refractivity contribution < 1.29 is 30.0 Å². The molecular weight excluding hydrogens is 837 g/mol. The summed E-state index contributed by atoms with van der Waals surface area (Å²) >= 11 is 18.1. The number of anilines is 1. The van der Waals surface area contributed by atoms with Crippen LogP contribution in [0.1, 0.15) is 62.2 Å². The molecule has 2 aromatic carbocycles. The first-order valence-electron chi connectivity index (χ1n) is 19.4. The second-order valence-corrected chi connectivity index (χ2v) is 16.0. The van der Waals surface area contributed by atoms with E-state index in [9.17, 15) is 30.0 Å². The van der Waals surface area contributed by atoms with Crippen molar-refractivity contribution in [1.29, 1.82) is 0 Å². The number of rotatable bonds is 11. The number of aliphatic hydroxyl groups excluding tert-OH is 4. The number of primary amides is 1. The average Bonchev–Trinajstić information content (AvgIpc) is 4.00. The monoisotopic (exact) mass is 879 g/mol. The number of amides is 2. The summed E-state index contributed by atoms with van der Waals surface area (Å²) in [4.78, 5) is 48.6. The maximum atomic E-state index is 11.9. The van der Waals surface area contributed by atoms with Crippen molar-refractivity contribution in [3.05, 3.63) is 100 Å². The standard InChI is InChI=1S/C27H29ClN6O3.C13H15Cl2N5O3/c1-2-21(35)31-19-13-20(24(37)23(19)36)34-15-30-22-25(32-27(28)33-26(22)34)29-14-18(16-9-5-3-6-10-16)17-11-7-4-8-12-17;1-4(11(16)23)5-2-6(9(22)8(5)21)20-3-17-7-10(14)18-13(15)19-12(7)20/h3-12,15,18-20,23-24,36-37H,2,13-14H2,1H3,(H,31,35)(H,29,32,33);3-6,8-9,21-22H,2H2,1H3,(H2,16,23)/t19-,20+,23+,24-;4?,5-,6+,8+,9-/m00/s1. The van der Waals surface area contributed by atoms with Crippen LogP contribution in [0, 0.1) is 11.8 Å².